The van der Waals surface area contributed by atoms with E-state index in [-0.39, 0.29) is 0 Å². The van der Waals surface area contributed by atoms with Crippen LogP contribution in [0.5, 0.6) is 11.5 Å². The Hall–Kier alpha value is -6.18. The molecular formula is C46H28O. The molecule has 1 heteroatoms. The van der Waals surface area contributed by atoms with E-state index in [9.17, 15) is 0 Å². The second-order valence-corrected chi connectivity index (χ2v) is 12.4. The Morgan fingerprint density at radius 3 is 1.64 bits per heavy atom. The zero-order chi connectivity index (χ0) is 30.9. The lowest BCUT2D eigenvalue weighted by molar-refractivity contribution is 0.487. The second-order valence-electron chi connectivity index (χ2n) is 12.4. The predicted octanol–water partition coefficient (Wildman–Crippen LogP) is 13.1. The molecule has 1 aliphatic rings. The molecule has 10 rings (SSSR count). The molecule has 9 aromatic rings. The summed E-state index contributed by atoms with van der Waals surface area (Å²) in [7, 11) is 0. The normalized spacial score (nSPS) is 12.0. The standard InChI is InChI=1S/C46H28O/c1-2-12-30(13-3-1)44-36-15-6-8-17-38(36)45(39-18-9-7-16-37(39)44)33-23-25-42-41(28-33)40-20-10-19-35-34(24-26-43(47-42)46(35)40)32-22-21-29-11-4-5-14-31(29)27-32/h1-28H. The first-order valence-electron chi connectivity index (χ1n) is 16.2. The van der Waals surface area contributed by atoms with Crippen molar-refractivity contribution < 1.29 is 4.74 Å². The number of benzene rings is 9. The van der Waals surface area contributed by atoms with E-state index in [1.54, 1.807) is 0 Å². The highest BCUT2D eigenvalue weighted by Crippen LogP contribution is 2.51. The van der Waals surface area contributed by atoms with Crippen molar-refractivity contribution in [3.8, 4) is 56.0 Å². The van der Waals surface area contributed by atoms with Crippen molar-refractivity contribution in [1.29, 1.82) is 0 Å². The Bertz CT molecular complexity index is 2640. The molecule has 0 aliphatic carbocycles. The largest absolute Gasteiger partial charge is 0.456 e. The highest BCUT2D eigenvalue weighted by atomic mass is 16.5. The van der Waals surface area contributed by atoms with Gasteiger partial charge in [0.2, 0.25) is 0 Å². The Morgan fingerprint density at radius 1 is 0.298 bits per heavy atom. The fourth-order valence-electron chi connectivity index (χ4n) is 7.75. The maximum absolute atomic E-state index is 6.65. The third-order valence-electron chi connectivity index (χ3n) is 9.84. The third-order valence-corrected chi connectivity index (χ3v) is 9.84. The van der Waals surface area contributed by atoms with Gasteiger partial charge in [0.25, 0.3) is 0 Å². The highest BCUT2D eigenvalue weighted by Gasteiger charge is 2.24. The predicted molar refractivity (Wildman–Crippen MR) is 198 cm³/mol. The summed E-state index contributed by atoms with van der Waals surface area (Å²) in [5, 5.41) is 9.88. The number of fused-ring (bicyclic) bond motifs is 5. The van der Waals surface area contributed by atoms with E-state index in [2.05, 4.69) is 170 Å². The van der Waals surface area contributed by atoms with Gasteiger partial charge in [0, 0.05) is 10.9 Å². The van der Waals surface area contributed by atoms with Crippen LogP contribution in [0.25, 0.3) is 87.6 Å². The highest BCUT2D eigenvalue weighted by molar-refractivity contribution is 6.22. The zero-order valence-electron chi connectivity index (χ0n) is 25.6. The molecule has 9 aromatic carbocycles. The minimum Gasteiger partial charge on any atom is -0.456 e. The summed E-state index contributed by atoms with van der Waals surface area (Å²) in [6.07, 6.45) is 0. The van der Waals surface area contributed by atoms with Crippen LogP contribution in [0.2, 0.25) is 0 Å². The van der Waals surface area contributed by atoms with Gasteiger partial charge < -0.3 is 4.74 Å². The van der Waals surface area contributed by atoms with Gasteiger partial charge in [0.1, 0.15) is 11.5 Å². The molecule has 0 radical (unpaired) electrons. The van der Waals surface area contributed by atoms with Crippen molar-refractivity contribution >= 4 is 43.1 Å². The quantitative estimate of drug-likeness (QED) is 0.184. The summed E-state index contributed by atoms with van der Waals surface area (Å²) < 4.78 is 6.65. The van der Waals surface area contributed by atoms with Crippen LogP contribution in [0.4, 0.5) is 0 Å². The molecule has 0 N–H and O–H groups in total. The fourth-order valence-corrected chi connectivity index (χ4v) is 7.75. The molecule has 0 aromatic heterocycles. The summed E-state index contributed by atoms with van der Waals surface area (Å²) >= 11 is 0. The summed E-state index contributed by atoms with van der Waals surface area (Å²) in [5.41, 5.74) is 9.70. The lowest BCUT2D eigenvalue weighted by Gasteiger charge is -2.24. The van der Waals surface area contributed by atoms with Crippen molar-refractivity contribution in [3.05, 3.63) is 170 Å². The first kappa shape index (κ1) is 26.1. The van der Waals surface area contributed by atoms with Crippen LogP contribution in [-0.2, 0) is 0 Å². The first-order chi connectivity index (χ1) is 23.3. The molecule has 0 bridgehead atoms. The molecule has 0 saturated heterocycles. The number of rotatable bonds is 3. The Kier molecular flexibility index (Phi) is 5.64. The van der Waals surface area contributed by atoms with Gasteiger partial charge >= 0.3 is 0 Å². The molecule has 1 aliphatic heterocycles. The van der Waals surface area contributed by atoms with E-state index in [0.717, 1.165) is 22.4 Å². The molecular weight excluding hydrogens is 569 g/mol. The maximum atomic E-state index is 6.65. The molecule has 1 heterocycles. The van der Waals surface area contributed by atoms with Gasteiger partial charge in [-0.25, -0.2) is 0 Å². The van der Waals surface area contributed by atoms with Crippen LogP contribution in [0.15, 0.2) is 170 Å². The minimum atomic E-state index is 0.890. The topological polar surface area (TPSA) is 9.23 Å². The monoisotopic (exact) mass is 596 g/mol. The molecule has 0 fully saturated rings. The number of ether oxygens (including phenoxy) is 1. The molecule has 0 atom stereocenters. The summed E-state index contributed by atoms with van der Waals surface area (Å²) in [6, 6.07) is 61.5. The van der Waals surface area contributed by atoms with Gasteiger partial charge in [-0.3, -0.25) is 0 Å². The van der Waals surface area contributed by atoms with Gasteiger partial charge in [-0.1, -0.05) is 146 Å². The molecule has 0 unspecified atom stereocenters. The minimum absolute atomic E-state index is 0.890. The molecule has 1 nitrogen and oxygen atoms in total. The van der Waals surface area contributed by atoms with Crippen LogP contribution >= 0.6 is 0 Å². The fraction of sp³-hybridized carbons (Fsp3) is 0. The number of hydrogen-bond donors (Lipinski definition) is 0. The average molecular weight is 597 g/mol. The van der Waals surface area contributed by atoms with Gasteiger partial charge in [0.15, 0.2) is 0 Å². The molecule has 0 spiro atoms. The number of hydrogen-bond acceptors (Lipinski definition) is 1. The van der Waals surface area contributed by atoms with E-state index in [4.69, 9.17) is 4.74 Å². The third kappa shape index (κ3) is 3.97. The lowest BCUT2D eigenvalue weighted by atomic mass is 9.84. The Morgan fingerprint density at radius 2 is 0.894 bits per heavy atom. The lowest BCUT2D eigenvalue weighted by Crippen LogP contribution is -1.99. The SMILES string of the molecule is c1ccc(-c2c3ccccc3c(-c3ccc4c(c3)-c3cccc5c(-c6ccc7ccccc7c6)ccc(c35)O4)c3ccccc23)cc1. The van der Waals surface area contributed by atoms with E-state index in [1.165, 1.54) is 76.6 Å². The zero-order valence-corrected chi connectivity index (χ0v) is 25.6. The first-order valence-corrected chi connectivity index (χ1v) is 16.2. The van der Waals surface area contributed by atoms with Gasteiger partial charge in [-0.2, -0.15) is 0 Å². The molecule has 47 heavy (non-hydrogen) atoms. The average Bonchev–Trinajstić information content (AvgIpc) is 3.14. The van der Waals surface area contributed by atoms with E-state index in [0.29, 0.717) is 0 Å². The molecule has 0 amide bonds. The van der Waals surface area contributed by atoms with Gasteiger partial charge in [-0.05, 0) is 101 Å². The van der Waals surface area contributed by atoms with Gasteiger partial charge in [0.05, 0.1) is 0 Å². The van der Waals surface area contributed by atoms with Crippen LogP contribution < -0.4 is 4.74 Å². The summed E-state index contributed by atoms with van der Waals surface area (Å²) in [6.45, 7) is 0. The van der Waals surface area contributed by atoms with Crippen molar-refractivity contribution in [2.24, 2.45) is 0 Å². The van der Waals surface area contributed by atoms with Crippen LogP contribution in [0.1, 0.15) is 0 Å². The van der Waals surface area contributed by atoms with Crippen LogP contribution in [0, 0.1) is 0 Å². The van der Waals surface area contributed by atoms with E-state index < -0.39 is 0 Å². The van der Waals surface area contributed by atoms with Gasteiger partial charge in [-0.15, -0.1) is 0 Å². The Labute approximate surface area is 272 Å². The summed E-state index contributed by atoms with van der Waals surface area (Å²) in [5.74, 6) is 1.80. The van der Waals surface area contributed by atoms with Crippen molar-refractivity contribution in [1.82, 2.24) is 0 Å². The smallest absolute Gasteiger partial charge is 0.135 e. The van der Waals surface area contributed by atoms with E-state index in [1.807, 2.05) is 0 Å². The van der Waals surface area contributed by atoms with Crippen molar-refractivity contribution in [2.75, 3.05) is 0 Å². The molecule has 0 saturated carbocycles. The van der Waals surface area contributed by atoms with Crippen molar-refractivity contribution in [3.63, 3.8) is 0 Å². The molecule has 218 valence electrons. The summed E-state index contributed by atoms with van der Waals surface area (Å²) in [4.78, 5) is 0. The Balaban J connectivity index is 1.21. The van der Waals surface area contributed by atoms with Crippen LogP contribution in [0.3, 0.4) is 0 Å². The second kappa shape index (κ2) is 10.2. The van der Waals surface area contributed by atoms with E-state index >= 15 is 0 Å². The maximum Gasteiger partial charge on any atom is 0.135 e. The van der Waals surface area contributed by atoms with Crippen molar-refractivity contribution in [2.45, 2.75) is 0 Å². The van der Waals surface area contributed by atoms with Crippen LogP contribution in [-0.4, -0.2) is 0 Å².